The summed E-state index contributed by atoms with van der Waals surface area (Å²) in [5, 5.41) is 0. The van der Waals surface area contributed by atoms with Gasteiger partial charge in [0.05, 0.1) is 0 Å². The Morgan fingerprint density at radius 1 is 1.11 bits per heavy atom. The molecule has 19 heavy (non-hydrogen) atoms. The molecule has 2 heterocycles. The lowest BCUT2D eigenvalue weighted by Gasteiger charge is -2.03. The first-order chi connectivity index (χ1) is 9.16. The summed E-state index contributed by atoms with van der Waals surface area (Å²) >= 11 is 0. The first kappa shape index (κ1) is 13.0. The Bertz CT molecular complexity index is 574. The number of aromatic nitrogens is 2. The zero-order chi connectivity index (χ0) is 13.7. The van der Waals surface area contributed by atoms with Gasteiger partial charge in [-0.2, -0.15) is 0 Å². The molecule has 0 radical (unpaired) electrons. The maximum absolute atomic E-state index is 11.8. The number of hydrogen-bond acceptors (Lipinski definition) is 4. The molecule has 2 rings (SSSR count). The number of carbonyl (C=O) groups is 1. The van der Waals surface area contributed by atoms with E-state index in [1.165, 1.54) is 6.08 Å². The van der Waals surface area contributed by atoms with Crippen LogP contribution < -0.4 is 0 Å². The van der Waals surface area contributed by atoms with Gasteiger partial charge in [-0.25, -0.2) is 0 Å². The molecule has 4 heteroatoms. The fraction of sp³-hybridized carbons (Fsp3) is 0.133. The van der Waals surface area contributed by atoms with Crippen LogP contribution in [0.2, 0.25) is 0 Å². The van der Waals surface area contributed by atoms with Gasteiger partial charge in [0.15, 0.2) is 0 Å². The zero-order valence-corrected chi connectivity index (χ0v) is 10.9. The van der Waals surface area contributed by atoms with E-state index < -0.39 is 0 Å². The molecule has 0 spiro atoms. The Kier molecular flexibility index (Phi) is 4.03. The highest BCUT2D eigenvalue weighted by Gasteiger charge is 2.04. The van der Waals surface area contributed by atoms with Gasteiger partial charge < -0.3 is 4.90 Å². The van der Waals surface area contributed by atoms with Crippen LogP contribution >= 0.6 is 0 Å². The van der Waals surface area contributed by atoms with Crippen LogP contribution in [0.4, 0.5) is 0 Å². The van der Waals surface area contributed by atoms with Crippen LogP contribution in [0.25, 0.3) is 11.1 Å². The van der Waals surface area contributed by atoms with E-state index in [4.69, 9.17) is 0 Å². The highest BCUT2D eigenvalue weighted by Crippen LogP contribution is 2.17. The van der Waals surface area contributed by atoms with Crippen LogP contribution in [0, 0.1) is 0 Å². The van der Waals surface area contributed by atoms with Gasteiger partial charge in [-0.3, -0.25) is 14.8 Å². The van der Waals surface area contributed by atoms with Crippen molar-refractivity contribution in [2.45, 2.75) is 0 Å². The predicted octanol–water partition coefficient (Wildman–Crippen LogP) is 2.40. The second-order valence-corrected chi connectivity index (χ2v) is 4.31. The van der Waals surface area contributed by atoms with Crippen LogP contribution in [-0.2, 0) is 0 Å². The summed E-state index contributed by atoms with van der Waals surface area (Å²) in [4.78, 5) is 21.8. The summed E-state index contributed by atoms with van der Waals surface area (Å²) in [5.41, 5.74) is 2.44. The van der Waals surface area contributed by atoms with E-state index in [0.717, 1.165) is 11.1 Å². The summed E-state index contributed by atoms with van der Waals surface area (Å²) in [6.45, 7) is 0. The number of carbonyl (C=O) groups excluding carboxylic acids is 1. The molecule has 0 bridgehead atoms. The Morgan fingerprint density at radius 2 is 1.84 bits per heavy atom. The molecule has 96 valence electrons. The minimum absolute atomic E-state index is 0.102. The number of allylic oxidation sites excluding steroid dienone is 1. The van der Waals surface area contributed by atoms with Crippen molar-refractivity contribution in [3.05, 3.63) is 60.8 Å². The number of rotatable bonds is 4. The normalized spacial score (nSPS) is 10.6. The first-order valence-electron chi connectivity index (χ1n) is 5.92. The van der Waals surface area contributed by atoms with Gasteiger partial charge in [-0.15, -0.1) is 0 Å². The van der Waals surface area contributed by atoms with Gasteiger partial charge in [-0.05, 0) is 23.8 Å². The lowest BCUT2D eigenvalue weighted by Crippen LogP contribution is -2.04. The van der Waals surface area contributed by atoms with E-state index in [1.807, 2.05) is 37.2 Å². The van der Waals surface area contributed by atoms with Crippen LogP contribution in [0.1, 0.15) is 10.5 Å². The topological polar surface area (TPSA) is 46.1 Å². The van der Waals surface area contributed by atoms with E-state index in [0.29, 0.717) is 5.69 Å². The van der Waals surface area contributed by atoms with E-state index in [1.54, 1.807) is 30.9 Å². The summed E-state index contributed by atoms with van der Waals surface area (Å²) in [5.74, 6) is -0.102. The van der Waals surface area contributed by atoms with Gasteiger partial charge in [-0.1, -0.05) is 6.07 Å². The van der Waals surface area contributed by atoms with E-state index in [9.17, 15) is 4.79 Å². The minimum atomic E-state index is -0.102. The molecule has 0 aliphatic heterocycles. The molecule has 0 aliphatic rings. The number of ketones is 1. The summed E-state index contributed by atoms with van der Waals surface area (Å²) < 4.78 is 0. The quantitative estimate of drug-likeness (QED) is 0.620. The summed E-state index contributed by atoms with van der Waals surface area (Å²) in [6.07, 6.45) is 8.38. The second kappa shape index (κ2) is 5.91. The summed E-state index contributed by atoms with van der Waals surface area (Å²) in [7, 11) is 3.73. The third-order valence-corrected chi connectivity index (χ3v) is 2.55. The Morgan fingerprint density at radius 3 is 2.42 bits per heavy atom. The Hall–Kier alpha value is -2.49. The molecule has 2 aromatic heterocycles. The van der Waals surface area contributed by atoms with Gasteiger partial charge in [0.2, 0.25) is 5.78 Å². The van der Waals surface area contributed by atoms with Gasteiger partial charge in [0, 0.05) is 50.5 Å². The molecule has 0 N–H and O–H groups in total. The lowest BCUT2D eigenvalue weighted by molar-refractivity contribution is 0.104. The van der Waals surface area contributed by atoms with Crippen molar-refractivity contribution in [2.24, 2.45) is 0 Å². The smallest absolute Gasteiger partial charge is 0.205 e. The fourth-order valence-corrected chi connectivity index (χ4v) is 1.56. The number of hydrogen-bond donors (Lipinski definition) is 0. The SMILES string of the molecule is CN(C)/C=C/C(=O)c1ccc(-c2ccncc2)cn1. The van der Waals surface area contributed by atoms with E-state index in [2.05, 4.69) is 9.97 Å². The first-order valence-corrected chi connectivity index (χ1v) is 5.92. The third kappa shape index (κ3) is 3.48. The van der Waals surface area contributed by atoms with Crippen LogP contribution in [-0.4, -0.2) is 34.7 Å². The van der Waals surface area contributed by atoms with Crippen LogP contribution in [0.5, 0.6) is 0 Å². The average Bonchev–Trinajstić information content (AvgIpc) is 2.46. The predicted molar refractivity (Wildman–Crippen MR) is 74.6 cm³/mol. The van der Waals surface area contributed by atoms with Crippen molar-refractivity contribution in [2.75, 3.05) is 14.1 Å². The molecule has 0 aliphatic carbocycles. The highest BCUT2D eigenvalue weighted by molar-refractivity contribution is 6.03. The van der Waals surface area contributed by atoms with Crippen molar-refractivity contribution in [1.82, 2.24) is 14.9 Å². The third-order valence-electron chi connectivity index (χ3n) is 2.55. The second-order valence-electron chi connectivity index (χ2n) is 4.31. The highest BCUT2D eigenvalue weighted by atomic mass is 16.1. The van der Waals surface area contributed by atoms with Crippen molar-refractivity contribution in [3.63, 3.8) is 0 Å². The van der Waals surface area contributed by atoms with Crippen molar-refractivity contribution in [3.8, 4) is 11.1 Å². The average molecular weight is 253 g/mol. The largest absolute Gasteiger partial charge is 0.383 e. The molecule has 0 amide bonds. The fourth-order valence-electron chi connectivity index (χ4n) is 1.56. The monoisotopic (exact) mass is 253 g/mol. The standard InChI is InChI=1S/C15H15N3O/c1-18(2)10-7-15(19)14-4-3-13(11-17-14)12-5-8-16-9-6-12/h3-11H,1-2H3/b10-7+. The Balaban J connectivity index is 2.17. The molecule has 0 unspecified atom stereocenters. The molecular weight excluding hydrogens is 238 g/mol. The molecule has 0 saturated heterocycles. The van der Waals surface area contributed by atoms with Gasteiger partial charge >= 0.3 is 0 Å². The van der Waals surface area contributed by atoms with E-state index >= 15 is 0 Å². The lowest BCUT2D eigenvalue weighted by atomic mass is 10.1. The minimum Gasteiger partial charge on any atom is -0.383 e. The Labute approximate surface area is 112 Å². The molecule has 2 aromatic rings. The molecule has 0 fully saturated rings. The van der Waals surface area contributed by atoms with Gasteiger partial charge in [0.25, 0.3) is 0 Å². The molecule has 0 aromatic carbocycles. The molecule has 4 nitrogen and oxygen atoms in total. The van der Waals surface area contributed by atoms with Crippen LogP contribution in [0.3, 0.4) is 0 Å². The maximum Gasteiger partial charge on any atom is 0.205 e. The van der Waals surface area contributed by atoms with Gasteiger partial charge in [0.1, 0.15) is 5.69 Å². The van der Waals surface area contributed by atoms with E-state index in [-0.39, 0.29) is 5.78 Å². The number of pyridine rings is 2. The maximum atomic E-state index is 11.8. The summed E-state index contributed by atoms with van der Waals surface area (Å²) in [6, 6.07) is 7.44. The van der Waals surface area contributed by atoms with Crippen molar-refractivity contribution < 1.29 is 4.79 Å². The van der Waals surface area contributed by atoms with Crippen molar-refractivity contribution in [1.29, 1.82) is 0 Å². The molecule has 0 atom stereocenters. The van der Waals surface area contributed by atoms with Crippen LogP contribution in [0.15, 0.2) is 55.1 Å². The van der Waals surface area contributed by atoms with Crippen molar-refractivity contribution >= 4 is 5.78 Å². The molecular formula is C15H15N3O. The number of nitrogens with zero attached hydrogens (tertiary/aromatic N) is 3. The zero-order valence-electron chi connectivity index (χ0n) is 10.9. The molecule has 0 saturated carbocycles.